The van der Waals surface area contributed by atoms with Gasteiger partial charge in [0.15, 0.2) is 0 Å². The Morgan fingerprint density at radius 1 is 1.36 bits per heavy atom. The second kappa shape index (κ2) is 8.05. The number of nitrogens with one attached hydrogen (secondary N) is 1. The highest BCUT2D eigenvalue weighted by atomic mass is 19.4. The van der Waals surface area contributed by atoms with E-state index in [1.807, 2.05) is 0 Å². The van der Waals surface area contributed by atoms with E-state index in [9.17, 15) is 23.1 Å². The quantitative estimate of drug-likeness (QED) is 0.783. The third-order valence-corrected chi connectivity index (χ3v) is 4.19. The smallest absolute Gasteiger partial charge is 0.406 e. The van der Waals surface area contributed by atoms with Crippen LogP contribution < -0.4 is 10.1 Å². The molecule has 2 N–H and O–H groups in total. The molecule has 1 aliphatic rings. The number of carbonyl (C=O) groups excluding carboxylic acids is 1. The van der Waals surface area contributed by atoms with Crippen molar-refractivity contribution in [1.29, 1.82) is 0 Å². The molecule has 0 radical (unpaired) electrons. The molecular formula is C17H22F3NO4. The Morgan fingerprint density at radius 2 is 2.04 bits per heavy atom. The van der Waals surface area contributed by atoms with Crippen LogP contribution in [0.3, 0.4) is 0 Å². The molecule has 0 heterocycles. The molecule has 8 heteroatoms. The van der Waals surface area contributed by atoms with Gasteiger partial charge in [-0.2, -0.15) is 0 Å². The Balaban J connectivity index is 2.06. The van der Waals surface area contributed by atoms with E-state index in [-0.39, 0.29) is 24.7 Å². The molecule has 0 spiro atoms. The second-order valence-electron chi connectivity index (χ2n) is 6.30. The Labute approximate surface area is 144 Å². The van der Waals surface area contributed by atoms with Crippen LogP contribution in [0.2, 0.25) is 0 Å². The largest absolute Gasteiger partial charge is 0.573 e. The molecule has 1 aromatic carbocycles. The fourth-order valence-electron chi connectivity index (χ4n) is 3.07. The summed E-state index contributed by atoms with van der Waals surface area (Å²) in [6, 6.07) is 4.75. The van der Waals surface area contributed by atoms with Crippen LogP contribution in [0, 0.1) is 0 Å². The summed E-state index contributed by atoms with van der Waals surface area (Å²) in [5.41, 5.74) is -0.571. The van der Waals surface area contributed by atoms with E-state index in [4.69, 9.17) is 4.74 Å². The van der Waals surface area contributed by atoms with Crippen molar-refractivity contribution in [2.24, 2.45) is 0 Å². The van der Waals surface area contributed by atoms with Crippen LogP contribution >= 0.6 is 0 Å². The molecule has 0 unspecified atom stereocenters. The van der Waals surface area contributed by atoms with Gasteiger partial charge in [0.1, 0.15) is 5.75 Å². The van der Waals surface area contributed by atoms with E-state index in [0.717, 1.165) is 12.8 Å². The molecule has 140 valence electrons. The van der Waals surface area contributed by atoms with E-state index in [1.165, 1.54) is 25.3 Å². The number of benzene rings is 1. The SMILES string of the molecule is COC[C@H](NC(=O)CC1(O)CCCC1)c1cccc(OC(F)(F)F)c1. The van der Waals surface area contributed by atoms with Gasteiger partial charge in [-0.05, 0) is 30.5 Å². The van der Waals surface area contributed by atoms with Crippen molar-refractivity contribution >= 4 is 5.91 Å². The molecule has 1 atom stereocenters. The van der Waals surface area contributed by atoms with Crippen molar-refractivity contribution < 1.29 is 32.5 Å². The van der Waals surface area contributed by atoms with Crippen LogP contribution in [-0.4, -0.2) is 36.7 Å². The average Bonchev–Trinajstić information content (AvgIpc) is 2.91. The first-order valence-corrected chi connectivity index (χ1v) is 8.07. The number of aliphatic hydroxyl groups is 1. The van der Waals surface area contributed by atoms with Crippen LogP contribution in [0.4, 0.5) is 13.2 Å². The standard InChI is InChI=1S/C17H22F3NO4/c1-24-11-14(21-15(22)10-16(23)7-2-3-8-16)12-5-4-6-13(9-12)25-17(18,19)20/h4-6,9,14,23H,2-3,7-8,10-11H2,1H3,(H,21,22)/t14-/m0/s1. The molecule has 1 aliphatic carbocycles. The summed E-state index contributed by atoms with van der Waals surface area (Å²) in [5.74, 6) is -0.733. The number of amides is 1. The lowest BCUT2D eigenvalue weighted by molar-refractivity contribution is -0.274. The topological polar surface area (TPSA) is 67.8 Å². The van der Waals surface area contributed by atoms with Crippen LogP contribution in [0.1, 0.15) is 43.7 Å². The van der Waals surface area contributed by atoms with Gasteiger partial charge in [-0.25, -0.2) is 0 Å². The van der Waals surface area contributed by atoms with Gasteiger partial charge in [0, 0.05) is 7.11 Å². The third-order valence-electron chi connectivity index (χ3n) is 4.19. The van der Waals surface area contributed by atoms with Crippen LogP contribution in [0.15, 0.2) is 24.3 Å². The van der Waals surface area contributed by atoms with Gasteiger partial charge in [-0.15, -0.1) is 13.2 Å². The third kappa shape index (κ3) is 6.21. The predicted molar refractivity (Wildman–Crippen MR) is 83.9 cm³/mol. The number of ether oxygens (including phenoxy) is 2. The van der Waals surface area contributed by atoms with Gasteiger partial charge in [0.05, 0.1) is 24.7 Å². The number of halogens is 3. The average molecular weight is 361 g/mol. The molecular weight excluding hydrogens is 339 g/mol. The number of carbonyl (C=O) groups is 1. The summed E-state index contributed by atoms with van der Waals surface area (Å²) in [6.07, 6.45) is -1.92. The minimum atomic E-state index is -4.79. The van der Waals surface area contributed by atoms with Crippen molar-refractivity contribution in [3.8, 4) is 5.75 Å². The minimum Gasteiger partial charge on any atom is -0.406 e. The lowest BCUT2D eigenvalue weighted by atomic mass is 9.97. The fraction of sp³-hybridized carbons (Fsp3) is 0.588. The fourth-order valence-corrected chi connectivity index (χ4v) is 3.07. The number of rotatable bonds is 7. The molecule has 1 saturated carbocycles. The summed E-state index contributed by atoms with van der Waals surface area (Å²) in [4.78, 5) is 12.2. The van der Waals surface area contributed by atoms with Crippen molar-refractivity contribution in [1.82, 2.24) is 5.32 Å². The molecule has 25 heavy (non-hydrogen) atoms. The highest BCUT2D eigenvalue weighted by Gasteiger charge is 2.34. The number of hydrogen-bond acceptors (Lipinski definition) is 4. The molecule has 1 amide bonds. The molecule has 1 fully saturated rings. The van der Waals surface area contributed by atoms with Gasteiger partial charge in [0.2, 0.25) is 5.91 Å². The van der Waals surface area contributed by atoms with Crippen molar-refractivity contribution in [3.05, 3.63) is 29.8 Å². The molecule has 0 saturated heterocycles. The van der Waals surface area contributed by atoms with Crippen LogP contribution in [0.5, 0.6) is 5.75 Å². The first-order valence-electron chi connectivity index (χ1n) is 8.07. The van der Waals surface area contributed by atoms with Crippen molar-refractivity contribution in [3.63, 3.8) is 0 Å². The van der Waals surface area contributed by atoms with Gasteiger partial charge in [-0.1, -0.05) is 25.0 Å². The van der Waals surface area contributed by atoms with E-state index in [0.29, 0.717) is 18.4 Å². The summed E-state index contributed by atoms with van der Waals surface area (Å²) >= 11 is 0. The minimum absolute atomic E-state index is 0.0358. The molecule has 5 nitrogen and oxygen atoms in total. The molecule has 0 aromatic heterocycles. The Morgan fingerprint density at radius 3 is 2.64 bits per heavy atom. The van der Waals surface area contributed by atoms with Crippen molar-refractivity contribution in [2.45, 2.75) is 50.1 Å². The lowest BCUT2D eigenvalue weighted by Crippen LogP contribution is -2.37. The van der Waals surface area contributed by atoms with Crippen LogP contribution in [0.25, 0.3) is 0 Å². The van der Waals surface area contributed by atoms with Gasteiger partial charge >= 0.3 is 6.36 Å². The second-order valence-corrected chi connectivity index (χ2v) is 6.30. The van der Waals surface area contributed by atoms with Gasteiger partial charge < -0.3 is 19.9 Å². The lowest BCUT2D eigenvalue weighted by Gasteiger charge is -2.24. The normalized spacial score (nSPS) is 18.0. The molecule has 2 rings (SSSR count). The molecule has 0 aliphatic heterocycles. The zero-order valence-corrected chi connectivity index (χ0v) is 13.9. The summed E-state index contributed by atoms with van der Waals surface area (Å²) in [7, 11) is 1.43. The zero-order valence-electron chi connectivity index (χ0n) is 13.9. The Bertz CT molecular complexity index is 586. The Hall–Kier alpha value is -1.80. The first-order chi connectivity index (χ1) is 11.7. The highest BCUT2D eigenvalue weighted by Crippen LogP contribution is 2.32. The maximum atomic E-state index is 12.4. The number of alkyl halides is 3. The van der Waals surface area contributed by atoms with Gasteiger partial charge in [0.25, 0.3) is 0 Å². The maximum Gasteiger partial charge on any atom is 0.573 e. The summed E-state index contributed by atoms with van der Waals surface area (Å²) in [5, 5.41) is 13.0. The van der Waals surface area contributed by atoms with E-state index >= 15 is 0 Å². The van der Waals surface area contributed by atoms with E-state index < -0.39 is 18.0 Å². The summed E-state index contributed by atoms with van der Waals surface area (Å²) < 4.78 is 46.0. The number of hydrogen-bond donors (Lipinski definition) is 2. The first kappa shape index (κ1) is 19.5. The predicted octanol–water partition coefficient (Wildman–Crippen LogP) is 3.08. The zero-order chi connectivity index (χ0) is 18.5. The van der Waals surface area contributed by atoms with Gasteiger partial charge in [-0.3, -0.25) is 4.79 Å². The molecule has 1 aromatic rings. The number of methoxy groups -OCH3 is 1. The van der Waals surface area contributed by atoms with Crippen LogP contribution in [-0.2, 0) is 9.53 Å². The van der Waals surface area contributed by atoms with E-state index in [2.05, 4.69) is 10.1 Å². The van der Waals surface area contributed by atoms with Crippen molar-refractivity contribution in [2.75, 3.05) is 13.7 Å². The van der Waals surface area contributed by atoms with E-state index in [1.54, 1.807) is 6.07 Å². The summed E-state index contributed by atoms with van der Waals surface area (Å²) in [6.45, 7) is 0.0830. The monoisotopic (exact) mass is 361 g/mol. The molecule has 0 bridgehead atoms. The maximum absolute atomic E-state index is 12.4. The highest BCUT2D eigenvalue weighted by molar-refractivity contribution is 5.77. The Kier molecular flexibility index (Phi) is 6.29.